The summed E-state index contributed by atoms with van der Waals surface area (Å²) in [5, 5.41) is 0.836. The van der Waals surface area contributed by atoms with E-state index >= 15 is 0 Å². The van der Waals surface area contributed by atoms with Crippen LogP contribution in [0.1, 0.15) is 44.1 Å². The van der Waals surface area contributed by atoms with E-state index in [9.17, 15) is 4.79 Å². The lowest BCUT2D eigenvalue weighted by Gasteiger charge is -2.25. The van der Waals surface area contributed by atoms with E-state index in [0.29, 0.717) is 6.54 Å². The van der Waals surface area contributed by atoms with E-state index in [4.69, 9.17) is 9.72 Å². The van der Waals surface area contributed by atoms with Crippen LogP contribution in [0.4, 0.5) is 5.13 Å². The number of rotatable bonds is 4. The summed E-state index contributed by atoms with van der Waals surface area (Å²) in [7, 11) is 0. The monoisotopic (exact) mass is 344 g/mol. The fraction of sp³-hybridized carbons (Fsp3) is 0.579. The van der Waals surface area contributed by atoms with Gasteiger partial charge >= 0.3 is 0 Å². The first-order valence-corrected chi connectivity index (χ1v) is 9.82. The number of carbonyl (C=O) groups is 1. The van der Waals surface area contributed by atoms with Crippen LogP contribution in [0.5, 0.6) is 0 Å². The average Bonchev–Trinajstić information content (AvgIpc) is 3.31. The second kappa shape index (κ2) is 6.81. The largest absolute Gasteiger partial charge is 0.376 e. The van der Waals surface area contributed by atoms with Crippen LogP contribution in [0.2, 0.25) is 0 Å². The Bertz CT molecular complexity index is 730. The molecule has 2 fully saturated rings. The molecule has 0 N–H and O–H groups in total. The van der Waals surface area contributed by atoms with Gasteiger partial charge in [0.15, 0.2) is 5.13 Å². The molecule has 24 heavy (non-hydrogen) atoms. The summed E-state index contributed by atoms with van der Waals surface area (Å²) in [6.07, 6.45) is 6.67. The zero-order chi connectivity index (χ0) is 16.5. The molecule has 0 bridgehead atoms. The standard InChI is InChI=1S/C19H24N2O2S/c1-13-8-9-16-17(11-13)24-19(20-16)21(12-15-7-4-10-23-15)18(22)14-5-2-3-6-14/h8-9,11,14-15H,2-7,10,12H2,1H3. The third kappa shape index (κ3) is 3.20. The molecule has 2 aromatic rings. The molecule has 1 aliphatic carbocycles. The number of hydrogen-bond donors (Lipinski definition) is 0. The summed E-state index contributed by atoms with van der Waals surface area (Å²) >= 11 is 1.63. The SMILES string of the molecule is Cc1ccc2nc(N(CC3CCCO3)C(=O)C3CCCC3)sc2c1. The highest BCUT2D eigenvalue weighted by atomic mass is 32.1. The average molecular weight is 344 g/mol. The van der Waals surface area contributed by atoms with Crippen LogP contribution < -0.4 is 4.90 Å². The van der Waals surface area contributed by atoms with Crippen LogP contribution in [0.15, 0.2) is 18.2 Å². The molecule has 1 saturated heterocycles. The molecule has 1 saturated carbocycles. The van der Waals surface area contributed by atoms with Gasteiger partial charge in [-0.3, -0.25) is 9.69 Å². The lowest BCUT2D eigenvalue weighted by atomic mass is 10.1. The molecule has 1 atom stereocenters. The van der Waals surface area contributed by atoms with E-state index in [0.717, 1.165) is 47.6 Å². The van der Waals surface area contributed by atoms with Crippen molar-refractivity contribution in [1.82, 2.24) is 4.98 Å². The van der Waals surface area contributed by atoms with E-state index < -0.39 is 0 Å². The molecule has 4 rings (SSSR count). The van der Waals surface area contributed by atoms with Gasteiger partial charge in [0.1, 0.15) is 0 Å². The van der Waals surface area contributed by atoms with E-state index in [1.807, 2.05) is 4.90 Å². The summed E-state index contributed by atoms with van der Waals surface area (Å²) in [6.45, 7) is 3.55. The van der Waals surface area contributed by atoms with Gasteiger partial charge in [-0.15, -0.1) is 0 Å². The maximum Gasteiger partial charge on any atom is 0.231 e. The van der Waals surface area contributed by atoms with Crippen LogP contribution in [0, 0.1) is 12.8 Å². The van der Waals surface area contributed by atoms with Crippen molar-refractivity contribution >= 4 is 32.6 Å². The molecule has 128 valence electrons. The predicted octanol–water partition coefficient (Wildman–Crippen LogP) is 4.31. The van der Waals surface area contributed by atoms with Crippen molar-refractivity contribution in [2.45, 2.75) is 51.6 Å². The van der Waals surface area contributed by atoms with Gasteiger partial charge in [0.2, 0.25) is 5.91 Å². The van der Waals surface area contributed by atoms with Crippen molar-refractivity contribution in [2.24, 2.45) is 5.92 Å². The maximum atomic E-state index is 13.1. The molecule has 2 heterocycles. The molecule has 0 spiro atoms. The number of ether oxygens (including phenoxy) is 1. The quantitative estimate of drug-likeness (QED) is 0.830. The van der Waals surface area contributed by atoms with Crippen LogP contribution in [0.3, 0.4) is 0 Å². The van der Waals surface area contributed by atoms with Crippen molar-refractivity contribution < 1.29 is 9.53 Å². The molecule has 5 heteroatoms. The summed E-state index contributed by atoms with van der Waals surface area (Å²) in [4.78, 5) is 19.8. The number of fused-ring (bicyclic) bond motifs is 1. The molecule has 0 radical (unpaired) electrons. The van der Waals surface area contributed by atoms with Gasteiger partial charge in [-0.1, -0.05) is 30.2 Å². The highest BCUT2D eigenvalue weighted by Gasteiger charge is 2.32. The van der Waals surface area contributed by atoms with Gasteiger partial charge in [0.25, 0.3) is 0 Å². The summed E-state index contributed by atoms with van der Waals surface area (Å²) < 4.78 is 6.95. The Hall–Kier alpha value is -1.46. The van der Waals surface area contributed by atoms with Crippen molar-refractivity contribution in [3.8, 4) is 0 Å². The molecule has 1 aliphatic heterocycles. The molecule has 4 nitrogen and oxygen atoms in total. The van der Waals surface area contributed by atoms with Gasteiger partial charge in [-0.25, -0.2) is 4.98 Å². The number of hydrogen-bond acceptors (Lipinski definition) is 4. The van der Waals surface area contributed by atoms with E-state index in [2.05, 4.69) is 25.1 Å². The molecule has 1 aromatic carbocycles. The number of nitrogens with zero attached hydrogens (tertiary/aromatic N) is 2. The number of thiazole rings is 1. The topological polar surface area (TPSA) is 42.4 Å². The highest BCUT2D eigenvalue weighted by Crippen LogP contribution is 2.34. The molecular formula is C19H24N2O2S. The maximum absolute atomic E-state index is 13.1. The first-order valence-electron chi connectivity index (χ1n) is 9.01. The Morgan fingerprint density at radius 1 is 1.29 bits per heavy atom. The first-order chi connectivity index (χ1) is 11.7. The number of anilines is 1. The third-order valence-electron chi connectivity index (χ3n) is 5.14. The van der Waals surface area contributed by atoms with Gasteiger partial charge in [0, 0.05) is 12.5 Å². The third-order valence-corrected chi connectivity index (χ3v) is 6.19. The van der Waals surface area contributed by atoms with Crippen molar-refractivity contribution in [3.05, 3.63) is 23.8 Å². The Labute approximate surface area is 146 Å². The van der Waals surface area contributed by atoms with E-state index in [1.54, 1.807) is 11.3 Å². The summed E-state index contributed by atoms with van der Waals surface area (Å²) in [5.74, 6) is 0.416. The molecule has 1 unspecified atom stereocenters. The molecular weight excluding hydrogens is 320 g/mol. The second-order valence-electron chi connectivity index (χ2n) is 7.03. The smallest absolute Gasteiger partial charge is 0.231 e. The number of benzene rings is 1. The van der Waals surface area contributed by atoms with Crippen LogP contribution >= 0.6 is 11.3 Å². The van der Waals surface area contributed by atoms with E-state index in [-0.39, 0.29) is 17.9 Å². The minimum Gasteiger partial charge on any atom is -0.376 e. The number of aromatic nitrogens is 1. The van der Waals surface area contributed by atoms with Gasteiger partial charge in [0.05, 0.1) is 22.9 Å². The Kier molecular flexibility index (Phi) is 4.55. The minimum absolute atomic E-state index is 0.157. The summed E-state index contributed by atoms with van der Waals surface area (Å²) in [6, 6.07) is 6.28. The van der Waals surface area contributed by atoms with Crippen molar-refractivity contribution in [1.29, 1.82) is 0 Å². The minimum atomic E-state index is 0.157. The zero-order valence-electron chi connectivity index (χ0n) is 14.2. The number of carbonyl (C=O) groups excluding carboxylic acids is 1. The predicted molar refractivity (Wildman–Crippen MR) is 97.6 cm³/mol. The number of amides is 1. The zero-order valence-corrected chi connectivity index (χ0v) is 15.0. The first kappa shape index (κ1) is 16.0. The van der Waals surface area contributed by atoms with Crippen LogP contribution in [-0.2, 0) is 9.53 Å². The lowest BCUT2D eigenvalue weighted by Crippen LogP contribution is -2.40. The Morgan fingerprint density at radius 3 is 2.88 bits per heavy atom. The normalized spacial score (nSPS) is 21.6. The van der Waals surface area contributed by atoms with Gasteiger partial charge < -0.3 is 4.74 Å². The van der Waals surface area contributed by atoms with Crippen molar-refractivity contribution in [2.75, 3.05) is 18.1 Å². The second-order valence-corrected chi connectivity index (χ2v) is 8.04. The Morgan fingerprint density at radius 2 is 2.12 bits per heavy atom. The van der Waals surface area contributed by atoms with Gasteiger partial charge in [-0.2, -0.15) is 0 Å². The molecule has 2 aliphatic rings. The van der Waals surface area contributed by atoms with Crippen molar-refractivity contribution in [3.63, 3.8) is 0 Å². The van der Waals surface area contributed by atoms with Crippen LogP contribution in [0.25, 0.3) is 10.2 Å². The highest BCUT2D eigenvalue weighted by molar-refractivity contribution is 7.22. The number of aryl methyl sites for hydroxylation is 1. The Balaban J connectivity index is 1.65. The molecule has 1 amide bonds. The lowest BCUT2D eigenvalue weighted by molar-refractivity contribution is -0.122. The van der Waals surface area contributed by atoms with Gasteiger partial charge in [-0.05, 0) is 50.3 Å². The molecule has 1 aromatic heterocycles. The fourth-order valence-electron chi connectivity index (χ4n) is 3.78. The van der Waals surface area contributed by atoms with E-state index in [1.165, 1.54) is 18.4 Å². The fourth-order valence-corrected chi connectivity index (χ4v) is 4.86. The summed E-state index contributed by atoms with van der Waals surface area (Å²) in [5.41, 5.74) is 2.21. The van der Waals surface area contributed by atoms with Crippen LogP contribution in [-0.4, -0.2) is 30.1 Å².